The Morgan fingerprint density at radius 2 is 1.63 bits per heavy atom. The summed E-state index contributed by atoms with van der Waals surface area (Å²) in [5.74, 6) is -0.525. The molecule has 1 aliphatic rings. The summed E-state index contributed by atoms with van der Waals surface area (Å²) in [5, 5.41) is 2.87. The number of hydrogen-bond donors (Lipinski definition) is 1. The van der Waals surface area contributed by atoms with Gasteiger partial charge in [-0.1, -0.05) is 36.0 Å². The minimum atomic E-state index is -0.525. The highest BCUT2D eigenvalue weighted by molar-refractivity contribution is 6.39. The van der Waals surface area contributed by atoms with Crippen molar-refractivity contribution < 1.29 is 9.18 Å². The summed E-state index contributed by atoms with van der Waals surface area (Å²) in [5.41, 5.74) is 0.263. The SMILES string of the molecule is O=C(Nc1c(Cl)cc(F)cc1Cl)N1CCCCCC1. The first kappa shape index (κ1) is 14.4. The maximum absolute atomic E-state index is 13.1. The molecule has 1 fully saturated rings. The monoisotopic (exact) mass is 304 g/mol. The first-order chi connectivity index (χ1) is 9.08. The fourth-order valence-electron chi connectivity index (χ4n) is 2.12. The zero-order valence-corrected chi connectivity index (χ0v) is 11.9. The zero-order chi connectivity index (χ0) is 13.8. The Morgan fingerprint density at radius 1 is 1.11 bits per heavy atom. The Hall–Kier alpha value is -1.00. The molecule has 0 bridgehead atoms. The van der Waals surface area contributed by atoms with Gasteiger partial charge in [0.05, 0.1) is 15.7 Å². The Balaban J connectivity index is 2.10. The van der Waals surface area contributed by atoms with Crippen LogP contribution in [-0.4, -0.2) is 24.0 Å². The lowest BCUT2D eigenvalue weighted by molar-refractivity contribution is 0.214. The van der Waals surface area contributed by atoms with Crippen molar-refractivity contribution in [2.45, 2.75) is 25.7 Å². The van der Waals surface area contributed by atoms with E-state index < -0.39 is 5.82 Å². The minimum Gasteiger partial charge on any atom is -0.325 e. The van der Waals surface area contributed by atoms with Gasteiger partial charge in [0, 0.05) is 13.1 Å². The lowest BCUT2D eigenvalue weighted by Crippen LogP contribution is -2.35. The summed E-state index contributed by atoms with van der Waals surface area (Å²) in [4.78, 5) is 13.9. The van der Waals surface area contributed by atoms with Crippen LogP contribution in [0.15, 0.2) is 12.1 Å². The number of carbonyl (C=O) groups excluding carboxylic acids is 1. The van der Waals surface area contributed by atoms with E-state index in [0.29, 0.717) is 0 Å². The third-order valence-electron chi connectivity index (χ3n) is 3.13. The number of urea groups is 1. The smallest absolute Gasteiger partial charge is 0.321 e. The summed E-state index contributed by atoms with van der Waals surface area (Å²) >= 11 is 11.8. The second-order valence-electron chi connectivity index (χ2n) is 4.58. The van der Waals surface area contributed by atoms with Crippen LogP contribution in [0.4, 0.5) is 14.9 Å². The molecular formula is C13H15Cl2FN2O. The van der Waals surface area contributed by atoms with Crippen molar-refractivity contribution >= 4 is 34.9 Å². The number of hydrogen-bond acceptors (Lipinski definition) is 1. The second-order valence-corrected chi connectivity index (χ2v) is 5.39. The number of nitrogens with zero attached hydrogens (tertiary/aromatic N) is 1. The number of carbonyl (C=O) groups is 1. The van der Waals surface area contributed by atoms with Crippen LogP contribution in [-0.2, 0) is 0 Å². The van der Waals surface area contributed by atoms with E-state index in [9.17, 15) is 9.18 Å². The highest BCUT2D eigenvalue weighted by Crippen LogP contribution is 2.31. The van der Waals surface area contributed by atoms with E-state index >= 15 is 0 Å². The van der Waals surface area contributed by atoms with Gasteiger partial charge in [-0.3, -0.25) is 0 Å². The van der Waals surface area contributed by atoms with Crippen molar-refractivity contribution in [3.05, 3.63) is 28.0 Å². The second kappa shape index (κ2) is 6.44. The van der Waals surface area contributed by atoms with E-state index in [1.165, 1.54) is 0 Å². The van der Waals surface area contributed by atoms with E-state index in [-0.39, 0.29) is 21.8 Å². The Labute approximate surface area is 121 Å². The molecule has 6 heteroatoms. The lowest BCUT2D eigenvalue weighted by atomic mass is 10.2. The molecule has 0 aliphatic carbocycles. The fourth-order valence-corrected chi connectivity index (χ4v) is 2.68. The molecule has 0 radical (unpaired) electrons. The van der Waals surface area contributed by atoms with Crippen molar-refractivity contribution in [2.24, 2.45) is 0 Å². The molecule has 104 valence electrons. The summed E-state index contributed by atoms with van der Waals surface area (Å²) in [6.07, 6.45) is 4.28. The van der Waals surface area contributed by atoms with Gasteiger partial charge in [-0.15, -0.1) is 0 Å². The van der Waals surface area contributed by atoms with Gasteiger partial charge in [-0.25, -0.2) is 9.18 Å². The zero-order valence-electron chi connectivity index (χ0n) is 10.4. The predicted molar refractivity (Wildman–Crippen MR) is 75.5 cm³/mol. The van der Waals surface area contributed by atoms with Crippen LogP contribution < -0.4 is 5.32 Å². The van der Waals surface area contributed by atoms with Gasteiger partial charge in [-0.05, 0) is 25.0 Å². The van der Waals surface area contributed by atoms with E-state index in [0.717, 1.165) is 50.9 Å². The van der Waals surface area contributed by atoms with Crippen molar-refractivity contribution in [1.82, 2.24) is 4.90 Å². The van der Waals surface area contributed by atoms with Crippen LogP contribution in [0.2, 0.25) is 10.0 Å². The number of anilines is 1. The summed E-state index contributed by atoms with van der Waals surface area (Å²) in [6, 6.07) is 2.02. The van der Waals surface area contributed by atoms with E-state index in [1.807, 2.05) is 0 Å². The number of amides is 2. The maximum Gasteiger partial charge on any atom is 0.321 e. The summed E-state index contributed by atoms with van der Waals surface area (Å²) in [6.45, 7) is 1.45. The van der Waals surface area contributed by atoms with Gasteiger partial charge < -0.3 is 10.2 Å². The van der Waals surface area contributed by atoms with Crippen molar-refractivity contribution in [3.8, 4) is 0 Å². The van der Waals surface area contributed by atoms with Crippen LogP contribution in [0.3, 0.4) is 0 Å². The molecular weight excluding hydrogens is 290 g/mol. The average Bonchev–Trinajstić information content (AvgIpc) is 2.62. The highest BCUT2D eigenvalue weighted by atomic mass is 35.5. The average molecular weight is 305 g/mol. The molecule has 1 aromatic carbocycles. The first-order valence-corrected chi connectivity index (χ1v) is 7.04. The van der Waals surface area contributed by atoms with E-state index in [1.54, 1.807) is 4.90 Å². The first-order valence-electron chi connectivity index (χ1n) is 6.28. The van der Waals surface area contributed by atoms with E-state index in [4.69, 9.17) is 23.2 Å². The standard InChI is InChI=1S/C13H15Cl2FN2O/c14-10-7-9(16)8-11(15)12(10)17-13(19)18-5-3-1-2-4-6-18/h7-8H,1-6H2,(H,17,19). The van der Waals surface area contributed by atoms with Crippen molar-refractivity contribution in [3.63, 3.8) is 0 Å². The number of rotatable bonds is 1. The Morgan fingerprint density at radius 3 is 2.16 bits per heavy atom. The predicted octanol–water partition coefficient (Wildman–Crippen LogP) is 4.54. The number of likely N-dealkylation sites (tertiary alicyclic amines) is 1. The molecule has 1 heterocycles. The number of nitrogens with one attached hydrogen (secondary N) is 1. The molecule has 19 heavy (non-hydrogen) atoms. The van der Waals surface area contributed by atoms with E-state index in [2.05, 4.69) is 5.32 Å². The number of benzene rings is 1. The molecule has 1 aromatic rings. The summed E-state index contributed by atoms with van der Waals surface area (Å²) < 4.78 is 13.1. The highest BCUT2D eigenvalue weighted by Gasteiger charge is 2.18. The molecule has 0 atom stereocenters. The molecule has 0 unspecified atom stereocenters. The van der Waals surface area contributed by atoms with Gasteiger partial charge in [0.1, 0.15) is 5.82 Å². The quantitative estimate of drug-likeness (QED) is 0.811. The van der Waals surface area contributed by atoms with Crippen LogP contribution >= 0.6 is 23.2 Å². The molecule has 2 amide bonds. The van der Waals surface area contributed by atoms with Crippen LogP contribution in [0.25, 0.3) is 0 Å². The minimum absolute atomic E-state index is 0.105. The molecule has 1 saturated heterocycles. The molecule has 1 N–H and O–H groups in total. The molecule has 1 aliphatic heterocycles. The maximum atomic E-state index is 13.1. The molecule has 0 aromatic heterocycles. The van der Waals surface area contributed by atoms with Crippen molar-refractivity contribution in [1.29, 1.82) is 0 Å². The van der Waals surface area contributed by atoms with Crippen LogP contribution in [0, 0.1) is 5.82 Å². The van der Waals surface area contributed by atoms with Gasteiger partial charge in [0.15, 0.2) is 0 Å². The number of halogens is 3. The Bertz CT molecular complexity index is 451. The fraction of sp³-hybridized carbons (Fsp3) is 0.462. The lowest BCUT2D eigenvalue weighted by Gasteiger charge is -2.21. The largest absolute Gasteiger partial charge is 0.325 e. The van der Waals surface area contributed by atoms with Gasteiger partial charge in [0.25, 0.3) is 0 Å². The Kier molecular flexibility index (Phi) is 4.88. The molecule has 2 rings (SSSR count). The van der Waals surface area contributed by atoms with Crippen LogP contribution in [0.5, 0.6) is 0 Å². The third-order valence-corrected chi connectivity index (χ3v) is 3.73. The third kappa shape index (κ3) is 3.74. The van der Waals surface area contributed by atoms with Gasteiger partial charge >= 0.3 is 6.03 Å². The van der Waals surface area contributed by atoms with Gasteiger partial charge in [-0.2, -0.15) is 0 Å². The summed E-state index contributed by atoms with van der Waals surface area (Å²) in [7, 11) is 0. The van der Waals surface area contributed by atoms with Crippen LogP contribution in [0.1, 0.15) is 25.7 Å². The molecule has 0 saturated carbocycles. The van der Waals surface area contributed by atoms with Gasteiger partial charge in [0.2, 0.25) is 0 Å². The molecule has 0 spiro atoms. The topological polar surface area (TPSA) is 32.3 Å². The normalized spacial score (nSPS) is 16.1. The van der Waals surface area contributed by atoms with Crippen molar-refractivity contribution in [2.75, 3.05) is 18.4 Å². The molecule has 3 nitrogen and oxygen atoms in total.